The third-order valence-corrected chi connectivity index (χ3v) is 10.4. The molecule has 0 spiro atoms. The topological polar surface area (TPSA) is 29.9 Å². The molecule has 0 radical (unpaired) electrons. The Morgan fingerprint density at radius 1 is 0.382 bits per heavy atom. The lowest BCUT2D eigenvalue weighted by Crippen LogP contribution is -2.10. The molecule has 5 heteroatoms. The number of ether oxygens (including phenoxy) is 2. The van der Waals surface area contributed by atoms with Gasteiger partial charge in [0.15, 0.2) is 0 Å². The zero-order valence-corrected chi connectivity index (χ0v) is 31.4. The first-order chi connectivity index (χ1) is 27.0. The van der Waals surface area contributed by atoms with Crippen molar-refractivity contribution < 1.29 is 9.47 Å². The summed E-state index contributed by atoms with van der Waals surface area (Å²) in [7, 11) is 3.41. The van der Waals surface area contributed by atoms with Gasteiger partial charge >= 0.3 is 0 Å². The van der Waals surface area contributed by atoms with E-state index in [4.69, 9.17) is 9.47 Å². The number of hydrogen-bond acceptors (Lipinski definition) is 4. The van der Waals surface area contributed by atoms with E-state index < -0.39 is 0 Å². The largest absolute Gasteiger partial charge is 0.497 e. The molecular formula is C50H41N3O2. The van der Waals surface area contributed by atoms with Crippen LogP contribution in [0.2, 0.25) is 0 Å². The van der Waals surface area contributed by atoms with E-state index in [2.05, 4.69) is 180 Å². The number of aromatic nitrogens is 1. The van der Waals surface area contributed by atoms with Gasteiger partial charge in [-0.25, -0.2) is 0 Å². The van der Waals surface area contributed by atoms with Gasteiger partial charge in [0.25, 0.3) is 0 Å². The number of para-hydroxylation sites is 1. The summed E-state index contributed by atoms with van der Waals surface area (Å²) in [5.41, 5.74) is 12.3. The molecule has 0 atom stereocenters. The van der Waals surface area contributed by atoms with Gasteiger partial charge in [0.05, 0.1) is 25.3 Å². The van der Waals surface area contributed by atoms with Crippen LogP contribution in [0.4, 0.5) is 34.1 Å². The molecule has 1 heterocycles. The Hall–Kier alpha value is -6.98. The SMILES string of the molecule is COc1ccc(N(c2cccc(C)c2)c2ccc3cc4c5ccc(N(c6ccc(OC)cc6)c6cccc(C)c6)cc5n(-c5ccccc5)c4cc3c2)cc1. The quantitative estimate of drug-likeness (QED) is 0.149. The van der Waals surface area contributed by atoms with E-state index in [0.717, 1.165) is 67.7 Å². The number of rotatable bonds is 9. The van der Waals surface area contributed by atoms with Gasteiger partial charge in [-0.3, -0.25) is 0 Å². The summed E-state index contributed by atoms with van der Waals surface area (Å²) in [4.78, 5) is 4.63. The lowest BCUT2D eigenvalue weighted by atomic mass is 10.0. The van der Waals surface area contributed by atoms with Gasteiger partial charge in [-0.2, -0.15) is 0 Å². The molecule has 1 aromatic heterocycles. The van der Waals surface area contributed by atoms with Gasteiger partial charge in [0, 0.05) is 50.6 Å². The number of anilines is 6. The molecule has 0 aliphatic carbocycles. The molecule has 0 fully saturated rings. The number of nitrogens with zero attached hydrogens (tertiary/aromatic N) is 3. The normalized spacial score (nSPS) is 11.3. The van der Waals surface area contributed by atoms with Crippen molar-refractivity contribution in [1.29, 1.82) is 0 Å². The van der Waals surface area contributed by atoms with E-state index in [1.807, 2.05) is 24.3 Å². The van der Waals surface area contributed by atoms with Crippen LogP contribution in [0.25, 0.3) is 38.3 Å². The second-order valence-electron chi connectivity index (χ2n) is 14.0. The molecule has 0 aliphatic heterocycles. The van der Waals surface area contributed by atoms with Gasteiger partial charge in [-0.05, 0) is 157 Å². The fourth-order valence-corrected chi connectivity index (χ4v) is 7.76. The van der Waals surface area contributed by atoms with Crippen LogP contribution in [0.3, 0.4) is 0 Å². The lowest BCUT2D eigenvalue weighted by molar-refractivity contribution is 0.414. The Kier molecular flexibility index (Phi) is 8.68. The molecular weight excluding hydrogens is 675 g/mol. The summed E-state index contributed by atoms with van der Waals surface area (Å²) >= 11 is 0. The van der Waals surface area contributed by atoms with E-state index in [-0.39, 0.29) is 0 Å². The second kappa shape index (κ2) is 14.1. The third-order valence-electron chi connectivity index (χ3n) is 10.4. The summed E-state index contributed by atoms with van der Waals surface area (Å²) in [5, 5.41) is 4.76. The maximum absolute atomic E-state index is 5.52. The van der Waals surface area contributed by atoms with Crippen LogP contribution in [0, 0.1) is 13.8 Å². The molecule has 55 heavy (non-hydrogen) atoms. The summed E-state index contributed by atoms with van der Waals surface area (Å²) in [6, 6.07) is 62.9. The Balaban J connectivity index is 1.25. The molecule has 9 aromatic rings. The van der Waals surface area contributed by atoms with Gasteiger partial charge in [0.2, 0.25) is 0 Å². The predicted octanol–water partition coefficient (Wildman–Crippen LogP) is 13.5. The minimum atomic E-state index is 0.828. The van der Waals surface area contributed by atoms with Crippen molar-refractivity contribution in [2.24, 2.45) is 0 Å². The van der Waals surface area contributed by atoms with Crippen molar-refractivity contribution in [3.63, 3.8) is 0 Å². The molecule has 5 nitrogen and oxygen atoms in total. The monoisotopic (exact) mass is 715 g/mol. The smallest absolute Gasteiger partial charge is 0.119 e. The zero-order chi connectivity index (χ0) is 37.5. The van der Waals surface area contributed by atoms with Gasteiger partial charge in [-0.1, -0.05) is 54.6 Å². The number of methoxy groups -OCH3 is 2. The highest BCUT2D eigenvalue weighted by molar-refractivity contribution is 6.14. The Bertz CT molecular complexity index is 2810. The second-order valence-corrected chi connectivity index (χ2v) is 14.0. The van der Waals surface area contributed by atoms with Crippen LogP contribution in [-0.4, -0.2) is 18.8 Å². The Morgan fingerprint density at radius 3 is 1.45 bits per heavy atom. The maximum atomic E-state index is 5.52. The summed E-state index contributed by atoms with van der Waals surface area (Å²) in [5.74, 6) is 1.66. The summed E-state index contributed by atoms with van der Waals surface area (Å²) < 4.78 is 13.4. The van der Waals surface area contributed by atoms with E-state index in [1.54, 1.807) is 14.2 Å². The van der Waals surface area contributed by atoms with Crippen molar-refractivity contribution >= 4 is 66.7 Å². The highest BCUT2D eigenvalue weighted by Gasteiger charge is 2.20. The molecule has 0 aliphatic rings. The average Bonchev–Trinajstić information content (AvgIpc) is 3.53. The van der Waals surface area contributed by atoms with E-state index >= 15 is 0 Å². The van der Waals surface area contributed by atoms with Crippen LogP contribution in [0.5, 0.6) is 11.5 Å². The van der Waals surface area contributed by atoms with Crippen molar-refractivity contribution in [2.45, 2.75) is 13.8 Å². The molecule has 268 valence electrons. The number of fused-ring (bicyclic) bond motifs is 4. The van der Waals surface area contributed by atoms with Gasteiger partial charge in [0.1, 0.15) is 11.5 Å². The average molecular weight is 716 g/mol. The van der Waals surface area contributed by atoms with Crippen LogP contribution < -0.4 is 19.3 Å². The molecule has 9 rings (SSSR count). The van der Waals surface area contributed by atoms with Crippen molar-refractivity contribution in [3.8, 4) is 17.2 Å². The zero-order valence-electron chi connectivity index (χ0n) is 31.4. The molecule has 0 amide bonds. The minimum absolute atomic E-state index is 0.828. The molecule has 0 saturated heterocycles. The van der Waals surface area contributed by atoms with E-state index in [0.29, 0.717) is 0 Å². The Morgan fingerprint density at radius 2 is 0.891 bits per heavy atom. The van der Waals surface area contributed by atoms with Crippen molar-refractivity contribution in [2.75, 3.05) is 24.0 Å². The first kappa shape index (κ1) is 33.8. The fourth-order valence-electron chi connectivity index (χ4n) is 7.76. The predicted molar refractivity (Wildman–Crippen MR) is 230 cm³/mol. The van der Waals surface area contributed by atoms with Crippen LogP contribution in [0.15, 0.2) is 176 Å². The van der Waals surface area contributed by atoms with Crippen LogP contribution >= 0.6 is 0 Å². The van der Waals surface area contributed by atoms with E-state index in [9.17, 15) is 0 Å². The van der Waals surface area contributed by atoms with Crippen LogP contribution in [-0.2, 0) is 0 Å². The minimum Gasteiger partial charge on any atom is -0.497 e. The summed E-state index contributed by atoms with van der Waals surface area (Å²) in [6.45, 7) is 4.27. The molecule has 0 saturated carbocycles. The first-order valence-electron chi connectivity index (χ1n) is 18.6. The Labute approximate surface area is 321 Å². The number of benzene rings is 8. The molecule has 0 bridgehead atoms. The van der Waals surface area contributed by atoms with Gasteiger partial charge < -0.3 is 23.8 Å². The fraction of sp³-hybridized carbons (Fsp3) is 0.0800. The van der Waals surface area contributed by atoms with E-state index in [1.165, 1.54) is 27.3 Å². The molecule has 8 aromatic carbocycles. The lowest BCUT2D eigenvalue weighted by Gasteiger charge is -2.26. The maximum Gasteiger partial charge on any atom is 0.119 e. The van der Waals surface area contributed by atoms with Crippen molar-refractivity contribution in [1.82, 2.24) is 4.57 Å². The molecule has 0 unspecified atom stereocenters. The standard InChI is InChI=1S/C50H41N3O2/c1-34-10-8-14-41(28-34)51(39-18-23-45(54-3)24-19-39)43-17-16-36-31-48-47-27-22-44(33-50(47)53(38-12-6-5-7-13-38)49(48)32-37(36)30-43)52(42-15-9-11-35(2)29-42)40-20-25-46(55-4)26-21-40/h5-33H,1-4H3. The first-order valence-corrected chi connectivity index (χ1v) is 18.6. The third kappa shape index (κ3) is 6.30. The van der Waals surface area contributed by atoms with Crippen LogP contribution in [0.1, 0.15) is 11.1 Å². The van der Waals surface area contributed by atoms with Crippen molar-refractivity contribution in [3.05, 3.63) is 187 Å². The number of hydrogen-bond donors (Lipinski definition) is 0. The highest BCUT2D eigenvalue weighted by atomic mass is 16.5. The molecule has 0 N–H and O–H groups in total. The summed E-state index contributed by atoms with van der Waals surface area (Å²) in [6.07, 6.45) is 0. The van der Waals surface area contributed by atoms with Gasteiger partial charge in [-0.15, -0.1) is 0 Å². The highest BCUT2D eigenvalue weighted by Crippen LogP contribution is 2.43. The number of aryl methyl sites for hydroxylation is 2.